The molecule has 1 aromatic carbocycles. The Kier molecular flexibility index (Phi) is 3.03. The Morgan fingerprint density at radius 3 is 2.85 bits per heavy atom. The largest absolute Gasteiger partial charge is 0.341 e. The summed E-state index contributed by atoms with van der Waals surface area (Å²) in [5.41, 5.74) is 1.69. The van der Waals surface area contributed by atoms with Crippen LogP contribution < -0.4 is 4.72 Å². The van der Waals surface area contributed by atoms with Crippen molar-refractivity contribution in [2.45, 2.75) is 11.4 Å². The molecule has 3 aromatic rings. The number of nitrogens with zero attached hydrogens (tertiary/aromatic N) is 3. The summed E-state index contributed by atoms with van der Waals surface area (Å²) in [5, 5.41) is 3.85. The SMILES string of the molecule is Cn1cc(S(=O)(=O)NCc2nc3ccccc3[nH]2)cn1. The van der Waals surface area contributed by atoms with Gasteiger partial charge in [0, 0.05) is 13.2 Å². The molecule has 3 rings (SSSR count). The van der Waals surface area contributed by atoms with Crippen molar-refractivity contribution in [1.29, 1.82) is 0 Å². The van der Waals surface area contributed by atoms with Crippen molar-refractivity contribution in [2.24, 2.45) is 7.05 Å². The van der Waals surface area contributed by atoms with Crippen LogP contribution in [-0.4, -0.2) is 28.2 Å². The zero-order chi connectivity index (χ0) is 14.2. The minimum atomic E-state index is -3.57. The zero-order valence-corrected chi connectivity index (χ0v) is 11.6. The lowest BCUT2D eigenvalue weighted by atomic mass is 10.3. The van der Waals surface area contributed by atoms with E-state index in [2.05, 4.69) is 19.8 Å². The second kappa shape index (κ2) is 4.73. The van der Waals surface area contributed by atoms with Gasteiger partial charge in [-0.05, 0) is 12.1 Å². The van der Waals surface area contributed by atoms with E-state index in [-0.39, 0.29) is 11.4 Å². The van der Waals surface area contributed by atoms with E-state index in [9.17, 15) is 8.42 Å². The number of nitrogens with one attached hydrogen (secondary N) is 2. The molecule has 8 heteroatoms. The van der Waals surface area contributed by atoms with E-state index in [1.807, 2.05) is 24.3 Å². The zero-order valence-electron chi connectivity index (χ0n) is 10.7. The second-order valence-electron chi connectivity index (χ2n) is 4.37. The average molecular weight is 291 g/mol. The highest BCUT2D eigenvalue weighted by atomic mass is 32.2. The van der Waals surface area contributed by atoms with E-state index in [4.69, 9.17) is 0 Å². The highest BCUT2D eigenvalue weighted by Crippen LogP contribution is 2.11. The molecule has 0 saturated carbocycles. The molecule has 0 atom stereocenters. The first-order valence-electron chi connectivity index (χ1n) is 5.96. The van der Waals surface area contributed by atoms with Gasteiger partial charge < -0.3 is 4.98 Å². The number of aryl methyl sites for hydroxylation is 1. The summed E-state index contributed by atoms with van der Waals surface area (Å²) in [4.78, 5) is 7.51. The number of aromatic amines is 1. The summed E-state index contributed by atoms with van der Waals surface area (Å²) < 4.78 is 28.0. The molecule has 0 fully saturated rings. The van der Waals surface area contributed by atoms with E-state index in [1.54, 1.807) is 7.05 Å². The van der Waals surface area contributed by atoms with Crippen molar-refractivity contribution >= 4 is 21.1 Å². The summed E-state index contributed by atoms with van der Waals surface area (Å²) >= 11 is 0. The van der Waals surface area contributed by atoms with Crippen molar-refractivity contribution in [3.05, 3.63) is 42.5 Å². The van der Waals surface area contributed by atoms with Gasteiger partial charge in [-0.15, -0.1) is 0 Å². The van der Waals surface area contributed by atoms with Gasteiger partial charge in [0.15, 0.2) is 0 Å². The van der Waals surface area contributed by atoms with E-state index in [0.717, 1.165) is 11.0 Å². The van der Waals surface area contributed by atoms with Crippen LogP contribution in [0.4, 0.5) is 0 Å². The van der Waals surface area contributed by atoms with E-state index in [1.165, 1.54) is 17.1 Å². The van der Waals surface area contributed by atoms with Gasteiger partial charge in [-0.2, -0.15) is 5.10 Å². The summed E-state index contributed by atoms with van der Waals surface area (Å²) in [6.07, 6.45) is 2.75. The molecule has 2 N–H and O–H groups in total. The molecule has 20 heavy (non-hydrogen) atoms. The van der Waals surface area contributed by atoms with Crippen LogP contribution in [0, 0.1) is 0 Å². The smallest absolute Gasteiger partial charge is 0.244 e. The summed E-state index contributed by atoms with van der Waals surface area (Å²) in [6.45, 7) is 0.103. The molecule has 0 spiro atoms. The van der Waals surface area contributed by atoms with Crippen LogP contribution in [0.5, 0.6) is 0 Å². The third-order valence-electron chi connectivity index (χ3n) is 2.86. The molecule has 7 nitrogen and oxygen atoms in total. The van der Waals surface area contributed by atoms with Crippen LogP contribution in [0.2, 0.25) is 0 Å². The van der Waals surface area contributed by atoms with Crippen molar-refractivity contribution in [2.75, 3.05) is 0 Å². The molecule has 2 aromatic heterocycles. The first-order valence-corrected chi connectivity index (χ1v) is 7.45. The Bertz CT molecular complexity index is 816. The lowest BCUT2D eigenvalue weighted by molar-refractivity contribution is 0.579. The average Bonchev–Trinajstić information content (AvgIpc) is 3.02. The number of H-pyrrole nitrogens is 1. The van der Waals surface area contributed by atoms with E-state index < -0.39 is 10.0 Å². The molecule has 0 unspecified atom stereocenters. The highest BCUT2D eigenvalue weighted by Gasteiger charge is 2.16. The topological polar surface area (TPSA) is 92.7 Å². The van der Waals surface area contributed by atoms with Gasteiger partial charge in [0.25, 0.3) is 0 Å². The third-order valence-corrected chi connectivity index (χ3v) is 4.22. The first kappa shape index (κ1) is 12.8. The van der Waals surface area contributed by atoms with Gasteiger partial charge in [-0.3, -0.25) is 4.68 Å². The molecule has 0 aliphatic rings. The van der Waals surface area contributed by atoms with Gasteiger partial charge in [0.2, 0.25) is 10.0 Å². The van der Waals surface area contributed by atoms with Crippen LogP contribution in [-0.2, 0) is 23.6 Å². The van der Waals surface area contributed by atoms with Gasteiger partial charge >= 0.3 is 0 Å². The lowest BCUT2D eigenvalue weighted by Crippen LogP contribution is -2.23. The monoisotopic (exact) mass is 291 g/mol. The summed E-state index contributed by atoms with van der Waals surface area (Å²) in [7, 11) is -1.90. The van der Waals surface area contributed by atoms with Crippen LogP contribution in [0.25, 0.3) is 11.0 Å². The quantitative estimate of drug-likeness (QED) is 0.742. The minimum absolute atomic E-state index is 0.103. The number of hydrogen-bond donors (Lipinski definition) is 2. The van der Waals surface area contributed by atoms with Gasteiger partial charge in [0.1, 0.15) is 10.7 Å². The Labute approximate surface area is 115 Å². The van der Waals surface area contributed by atoms with Gasteiger partial charge in [-0.25, -0.2) is 18.1 Å². The van der Waals surface area contributed by atoms with Gasteiger partial charge in [-0.1, -0.05) is 12.1 Å². The maximum absolute atomic E-state index is 12.0. The van der Waals surface area contributed by atoms with Crippen LogP contribution in [0.1, 0.15) is 5.82 Å². The molecule has 0 amide bonds. The molecular formula is C12H13N5O2S. The van der Waals surface area contributed by atoms with Crippen LogP contribution in [0.15, 0.2) is 41.6 Å². The van der Waals surface area contributed by atoms with Crippen LogP contribution >= 0.6 is 0 Å². The third kappa shape index (κ3) is 2.43. The maximum Gasteiger partial charge on any atom is 0.244 e. The fourth-order valence-electron chi connectivity index (χ4n) is 1.87. The minimum Gasteiger partial charge on any atom is -0.341 e. The molecule has 0 aliphatic heterocycles. The second-order valence-corrected chi connectivity index (χ2v) is 6.14. The maximum atomic E-state index is 12.0. The van der Waals surface area contributed by atoms with Crippen molar-refractivity contribution in [3.63, 3.8) is 0 Å². The molecule has 104 valence electrons. The van der Waals surface area contributed by atoms with E-state index >= 15 is 0 Å². The molecule has 0 bridgehead atoms. The first-order chi connectivity index (χ1) is 9.54. The normalized spacial score (nSPS) is 12.1. The fraction of sp³-hybridized carbons (Fsp3) is 0.167. The predicted molar refractivity (Wildman–Crippen MR) is 73.3 cm³/mol. The molecule has 0 saturated heterocycles. The number of benzene rings is 1. The Morgan fingerprint density at radius 2 is 2.15 bits per heavy atom. The van der Waals surface area contributed by atoms with Crippen molar-refractivity contribution in [3.8, 4) is 0 Å². The number of fused-ring (bicyclic) bond motifs is 1. The lowest BCUT2D eigenvalue weighted by Gasteiger charge is -2.01. The number of para-hydroxylation sites is 2. The number of imidazole rings is 1. The fourth-order valence-corrected chi connectivity index (χ4v) is 2.84. The summed E-state index contributed by atoms with van der Waals surface area (Å²) in [6, 6.07) is 7.53. The van der Waals surface area contributed by atoms with Crippen molar-refractivity contribution < 1.29 is 8.42 Å². The molecule has 2 heterocycles. The molecule has 0 aliphatic carbocycles. The number of rotatable bonds is 4. The number of aromatic nitrogens is 4. The van der Waals surface area contributed by atoms with E-state index in [0.29, 0.717) is 5.82 Å². The Hall–Kier alpha value is -2.19. The Morgan fingerprint density at radius 1 is 1.35 bits per heavy atom. The molecular weight excluding hydrogens is 278 g/mol. The number of hydrogen-bond acceptors (Lipinski definition) is 4. The Balaban J connectivity index is 1.79. The van der Waals surface area contributed by atoms with Gasteiger partial charge in [0.05, 0.1) is 23.8 Å². The highest BCUT2D eigenvalue weighted by molar-refractivity contribution is 7.89. The molecule has 0 radical (unpaired) electrons. The van der Waals surface area contributed by atoms with Crippen molar-refractivity contribution in [1.82, 2.24) is 24.5 Å². The van der Waals surface area contributed by atoms with Crippen LogP contribution in [0.3, 0.4) is 0 Å². The predicted octanol–water partition coefficient (Wildman–Crippen LogP) is 0.775. The summed E-state index contributed by atoms with van der Waals surface area (Å²) in [5.74, 6) is 0.568. The number of sulfonamides is 1. The standard InChI is InChI=1S/C12H13N5O2S/c1-17-8-9(6-13-17)20(18,19)14-7-12-15-10-4-2-3-5-11(10)16-12/h2-6,8,14H,7H2,1H3,(H,15,16).